The molecule has 3 aromatic rings. The van der Waals surface area contributed by atoms with Gasteiger partial charge in [-0.2, -0.15) is 0 Å². The summed E-state index contributed by atoms with van der Waals surface area (Å²) in [7, 11) is 0. The normalized spacial score (nSPS) is 12.6. The van der Waals surface area contributed by atoms with Crippen molar-refractivity contribution in [2.75, 3.05) is 0 Å². The van der Waals surface area contributed by atoms with Crippen LogP contribution in [0.15, 0.2) is 48.7 Å². The Morgan fingerprint density at radius 2 is 1.89 bits per heavy atom. The fourth-order valence-corrected chi connectivity index (χ4v) is 3.48. The Balaban J connectivity index is 1.88. The van der Waals surface area contributed by atoms with Crippen LogP contribution in [0.2, 0.25) is 0 Å². The summed E-state index contributed by atoms with van der Waals surface area (Å²) in [5.41, 5.74) is 2.57. The largest absolute Gasteiger partial charge is 0.312 e. The van der Waals surface area contributed by atoms with E-state index in [-0.39, 0.29) is 11.6 Å². The summed E-state index contributed by atoms with van der Waals surface area (Å²) in [4.78, 5) is 13.9. The molecule has 0 amide bonds. The van der Waals surface area contributed by atoms with Gasteiger partial charge in [0, 0.05) is 11.1 Å². The molecule has 0 saturated carbocycles. The van der Waals surface area contributed by atoms with Crippen molar-refractivity contribution in [3.05, 3.63) is 65.0 Å². The maximum atomic E-state index is 12.9. The third kappa shape index (κ3) is 1.43. The number of hydrogen-bond donors (Lipinski definition) is 0. The first-order valence-corrected chi connectivity index (χ1v) is 6.68. The van der Waals surface area contributed by atoms with E-state index in [1.54, 1.807) is 12.1 Å². The average molecular weight is 269 g/mol. The van der Waals surface area contributed by atoms with Crippen molar-refractivity contribution < 1.29 is 9.18 Å². The summed E-state index contributed by atoms with van der Waals surface area (Å²) in [6.07, 6.45) is 1.89. The van der Waals surface area contributed by atoms with Gasteiger partial charge in [0.25, 0.3) is 0 Å². The van der Waals surface area contributed by atoms with E-state index in [0.29, 0.717) is 5.69 Å². The van der Waals surface area contributed by atoms with E-state index < -0.39 is 0 Å². The van der Waals surface area contributed by atoms with Gasteiger partial charge in [0.2, 0.25) is 5.78 Å². The molecule has 0 saturated heterocycles. The minimum atomic E-state index is -0.253. The van der Waals surface area contributed by atoms with Crippen molar-refractivity contribution in [2.24, 2.45) is 0 Å². The molecular weight excluding hydrogens is 261 g/mol. The molecule has 4 heteroatoms. The summed E-state index contributed by atoms with van der Waals surface area (Å²) in [6, 6.07) is 12.0. The van der Waals surface area contributed by atoms with Gasteiger partial charge < -0.3 is 4.57 Å². The van der Waals surface area contributed by atoms with E-state index in [1.807, 2.05) is 29.0 Å². The van der Waals surface area contributed by atoms with Crippen LogP contribution in [0.25, 0.3) is 16.1 Å². The van der Waals surface area contributed by atoms with Gasteiger partial charge in [0.05, 0.1) is 11.4 Å². The molecule has 1 aliphatic heterocycles. The van der Waals surface area contributed by atoms with E-state index in [1.165, 1.54) is 23.5 Å². The number of ketones is 1. The standard InChI is InChI=1S/C15H8FNOS/c16-10-5-3-9(4-6-10)13-8-12-15(19-13)14(18)11-2-1-7-17(11)12/h1-8H. The van der Waals surface area contributed by atoms with Crippen molar-refractivity contribution in [1.29, 1.82) is 0 Å². The second-order valence-corrected chi connectivity index (χ2v) is 5.48. The highest BCUT2D eigenvalue weighted by atomic mass is 32.1. The fraction of sp³-hybridized carbons (Fsp3) is 0. The van der Waals surface area contributed by atoms with Gasteiger partial charge >= 0.3 is 0 Å². The molecule has 1 aliphatic rings. The second-order valence-electron chi connectivity index (χ2n) is 4.42. The molecule has 1 aromatic carbocycles. The lowest BCUT2D eigenvalue weighted by atomic mass is 10.2. The van der Waals surface area contributed by atoms with Crippen LogP contribution in [0, 0.1) is 5.82 Å². The molecular formula is C15H8FNOS. The number of nitrogens with zero attached hydrogens (tertiary/aromatic N) is 1. The lowest BCUT2D eigenvalue weighted by molar-refractivity contribution is 0.104. The van der Waals surface area contributed by atoms with Crippen molar-refractivity contribution in [1.82, 2.24) is 4.57 Å². The average Bonchev–Trinajstić information content (AvgIpc) is 3.08. The Hall–Kier alpha value is -2.20. The molecule has 0 atom stereocenters. The number of carbonyl (C=O) groups is 1. The topological polar surface area (TPSA) is 22.0 Å². The van der Waals surface area contributed by atoms with Gasteiger partial charge in [-0.25, -0.2) is 4.39 Å². The molecule has 4 rings (SSSR count). The quantitative estimate of drug-likeness (QED) is 0.514. The Morgan fingerprint density at radius 1 is 1.11 bits per heavy atom. The van der Waals surface area contributed by atoms with E-state index in [2.05, 4.69) is 0 Å². The van der Waals surface area contributed by atoms with Gasteiger partial charge in [-0.15, -0.1) is 11.3 Å². The zero-order valence-electron chi connectivity index (χ0n) is 9.76. The van der Waals surface area contributed by atoms with Gasteiger partial charge in [-0.1, -0.05) is 12.1 Å². The van der Waals surface area contributed by atoms with Crippen LogP contribution in [-0.4, -0.2) is 10.4 Å². The molecule has 0 bridgehead atoms. The molecule has 92 valence electrons. The van der Waals surface area contributed by atoms with Gasteiger partial charge in [0.15, 0.2) is 0 Å². The third-order valence-electron chi connectivity index (χ3n) is 3.29. The van der Waals surface area contributed by atoms with E-state index in [4.69, 9.17) is 0 Å². The van der Waals surface area contributed by atoms with E-state index in [0.717, 1.165) is 21.0 Å². The van der Waals surface area contributed by atoms with Crippen molar-refractivity contribution in [3.63, 3.8) is 0 Å². The highest BCUT2D eigenvalue weighted by Crippen LogP contribution is 2.39. The fourth-order valence-electron chi connectivity index (χ4n) is 2.37. The number of benzene rings is 1. The Bertz CT molecular complexity index is 798. The monoisotopic (exact) mass is 269 g/mol. The van der Waals surface area contributed by atoms with Gasteiger partial charge in [0.1, 0.15) is 10.7 Å². The summed E-state index contributed by atoms with van der Waals surface area (Å²) >= 11 is 1.46. The van der Waals surface area contributed by atoms with Crippen LogP contribution in [0.1, 0.15) is 15.4 Å². The molecule has 3 heterocycles. The first kappa shape index (κ1) is 10.7. The maximum Gasteiger partial charge on any atom is 0.221 e. The second kappa shape index (κ2) is 3.65. The summed E-state index contributed by atoms with van der Waals surface area (Å²) in [5, 5.41) is 0. The van der Waals surface area contributed by atoms with Crippen LogP contribution in [0.5, 0.6) is 0 Å². The predicted octanol–water partition coefficient (Wildman–Crippen LogP) is 3.89. The Kier molecular flexibility index (Phi) is 2.05. The lowest BCUT2D eigenvalue weighted by Gasteiger charge is -1.98. The molecule has 0 aliphatic carbocycles. The molecule has 0 unspecified atom stereocenters. The minimum Gasteiger partial charge on any atom is -0.312 e. The molecule has 0 fully saturated rings. The van der Waals surface area contributed by atoms with Gasteiger partial charge in [-0.05, 0) is 35.9 Å². The molecule has 0 radical (unpaired) electrons. The summed E-state index contributed by atoms with van der Waals surface area (Å²) in [5.74, 6) is -0.185. The smallest absolute Gasteiger partial charge is 0.221 e. The summed E-state index contributed by atoms with van der Waals surface area (Å²) < 4.78 is 14.8. The third-order valence-corrected chi connectivity index (χ3v) is 4.46. The zero-order chi connectivity index (χ0) is 13.0. The number of aromatic nitrogens is 1. The number of rotatable bonds is 1. The summed E-state index contributed by atoms with van der Waals surface area (Å²) in [6.45, 7) is 0. The number of fused-ring (bicyclic) bond motifs is 3. The minimum absolute atomic E-state index is 0.0679. The van der Waals surface area contributed by atoms with E-state index in [9.17, 15) is 9.18 Å². The van der Waals surface area contributed by atoms with Crippen LogP contribution in [0.4, 0.5) is 4.39 Å². The van der Waals surface area contributed by atoms with Crippen LogP contribution in [0.3, 0.4) is 0 Å². The Labute approximate surface area is 112 Å². The Morgan fingerprint density at radius 3 is 2.68 bits per heavy atom. The molecule has 0 spiro atoms. The van der Waals surface area contributed by atoms with Crippen LogP contribution >= 0.6 is 11.3 Å². The van der Waals surface area contributed by atoms with Crippen LogP contribution < -0.4 is 0 Å². The van der Waals surface area contributed by atoms with Crippen molar-refractivity contribution in [3.8, 4) is 16.1 Å². The molecule has 2 nitrogen and oxygen atoms in total. The number of halogens is 1. The van der Waals surface area contributed by atoms with Crippen molar-refractivity contribution in [2.45, 2.75) is 0 Å². The first-order chi connectivity index (χ1) is 9.24. The van der Waals surface area contributed by atoms with E-state index >= 15 is 0 Å². The maximum absolute atomic E-state index is 12.9. The van der Waals surface area contributed by atoms with Gasteiger partial charge in [-0.3, -0.25) is 4.79 Å². The predicted molar refractivity (Wildman–Crippen MR) is 72.5 cm³/mol. The van der Waals surface area contributed by atoms with Crippen molar-refractivity contribution >= 4 is 17.1 Å². The molecule has 0 N–H and O–H groups in total. The number of hydrogen-bond acceptors (Lipinski definition) is 2. The zero-order valence-corrected chi connectivity index (χ0v) is 10.6. The highest BCUT2D eigenvalue weighted by molar-refractivity contribution is 7.18. The SMILES string of the molecule is O=C1c2sc(-c3ccc(F)cc3)cc2-n2cccc21. The number of thiophene rings is 1. The molecule has 19 heavy (non-hydrogen) atoms. The highest BCUT2D eigenvalue weighted by Gasteiger charge is 2.29. The lowest BCUT2D eigenvalue weighted by Crippen LogP contribution is -1.93. The van der Waals surface area contributed by atoms with Crippen LogP contribution in [-0.2, 0) is 0 Å². The first-order valence-electron chi connectivity index (χ1n) is 5.86. The number of carbonyl (C=O) groups excluding carboxylic acids is 1. The molecule has 2 aromatic heterocycles.